The first kappa shape index (κ1) is 26.4. The average Bonchev–Trinajstić information content (AvgIpc) is 2.22. The molecular weight excluding hydrogens is 307 g/mol. The van der Waals surface area contributed by atoms with Crippen molar-refractivity contribution in [1.82, 2.24) is 0 Å². The number of nitrogens with zero attached hydrogens (tertiary/aromatic N) is 2. The van der Waals surface area contributed by atoms with Gasteiger partial charge in [0, 0.05) is 13.2 Å². The van der Waals surface area contributed by atoms with Crippen molar-refractivity contribution in [2.75, 3.05) is 68.6 Å². The maximum atomic E-state index is 5.69. The molecule has 0 atom stereocenters. The second-order valence-corrected chi connectivity index (χ2v) is 7.76. The molecule has 0 saturated heterocycles. The minimum absolute atomic E-state index is 0. The lowest BCUT2D eigenvalue weighted by Crippen LogP contribution is -3.00. The van der Waals surface area contributed by atoms with Crippen LogP contribution >= 0.6 is 0 Å². The van der Waals surface area contributed by atoms with Crippen LogP contribution in [0.4, 0.5) is 0 Å². The Morgan fingerprint density at radius 3 is 1.14 bits per heavy atom. The Hall–Kier alpha value is 0.460. The zero-order valence-corrected chi connectivity index (χ0v) is 16.6. The molecule has 21 heavy (non-hydrogen) atoms. The van der Waals surface area contributed by atoms with Crippen LogP contribution in [0.15, 0.2) is 0 Å². The van der Waals surface area contributed by atoms with E-state index in [4.69, 9.17) is 4.74 Å². The fourth-order valence-electron chi connectivity index (χ4n) is 2.04. The normalized spacial score (nSPS) is 11.7. The molecule has 0 fully saturated rings. The molecule has 0 N–H and O–H groups in total. The first-order valence-electron chi connectivity index (χ1n) is 7.89. The Labute approximate surface area is 146 Å². The lowest BCUT2D eigenvalue weighted by molar-refractivity contribution is -0.870. The second-order valence-electron chi connectivity index (χ2n) is 7.76. The highest BCUT2D eigenvalue weighted by Crippen LogP contribution is 2.03. The van der Waals surface area contributed by atoms with Gasteiger partial charge >= 0.3 is 0 Å². The first-order chi connectivity index (χ1) is 8.71. The Morgan fingerprint density at radius 2 is 0.857 bits per heavy atom. The molecule has 0 unspecified atom stereocenters. The molecule has 0 spiro atoms. The molecule has 3 nitrogen and oxygen atoms in total. The Kier molecular flexibility index (Phi) is 17.7. The summed E-state index contributed by atoms with van der Waals surface area (Å²) in [5.74, 6) is 0. The molecule has 0 radical (unpaired) electrons. The third-order valence-corrected chi connectivity index (χ3v) is 3.24. The molecule has 5 heteroatoms. The minimum atomic E-state index is 0. The molecule has 0 aromatic rings. The van der Waals surface area contributed by atoms with Crippen LogP contribution in [0, 0.1) is 0 Å². The van der Waals surface area contributed by atoms with Crippen LogP contribution in [-0.4, -0.2) is 77.6 Å². The second kappa shape index (κ2) is 14.1. The highest BCUT2D eigenvalue weighted by molar-refractivity contribution is 4.43. The quantitative estimate of drug-likeness (QED) is 0.267. The monoisotopic (exact) mass is 344 g/mol. The van der Waals surface area contributed by atoms with E-state index in [-0.39, 0.29) is 24.8 Å². The van der Waals surface area contributed by atoms with Crippen molar-refractivity contribution >= 4 is 0 Å². The summed E-state index contributed by atoms with van der Waals surface area (Å²) >= 11 is 0. The van der Waals surface area contributed by atoms with Gasteiger partial charge in [-0.15, -0.1) is 0 Å². The molecule has 0 aromatic heterocycles. The molecule has 0 heterocycles. The van der Waals surface area contributed by atoms with Crippen LogP contribution in [0.5, 0.6) is 0 Å². The number of ether oxygens (including phenoxy) is 1. The van der Waals surface area contributed by atoms with Crippen molar-refractivity contribution in [3.05, 3.63) is 0 Å². The number of hydrogen-bond acceptors (Lipinski definition) is 1. The molecule has 0 aliphatic heterocycles. The Morgan fingerprint density at radius 1 is 0.524 bits per heavy atom. The maximum Gasteiger partial charge on any atom is 0.0780 e. The van der Waals surface area contributed by atoms with Crippen LogP contribution in [0.3, 0.4) is 0 Å². The SMILES string of the molecule is C[N+](C)(C)CCCCCOCCCCC[N+](C)(C)C.[Cl-].[Cl-]. The molecule has 0 aliphatic rings. The van der Waals surface area contributed by atoms with Gasteiger partial charge in [0.2, 0.25) is 0 Å². The van der Waals surface area contributed by atoms with Crippen molar-refractivity contribution in [2.45, 2.75) is 38.5 Å². The highest BCUT2D eigenvalue weighted by atomic mass is 35.5. The molecule has 0 bridgehead atoms. The highest BCUT2D eigenvalue weighted by Gasteiger charge is 2.06. The zero-order chi connectivity index (χ0) is 14.8. The summed E-state index contributed by atoms with van der Waals surface area (Å²) < 4.78 is 7.84. The predicted molar refractivity (Wildman–Crippen MR) is 84.3 cm³/mol. The van der Waals surface area contributed by atoms with Gasteiger partial charge in [0.25, 0.3) is 0 Å². The third kappa shape index (κ3) is 25.7. The van der Waals surface area contributed by atoms with E-state index in [2.05, 4.69) is 42.3 Å². The molecule has 0 amide bonds. The maximum absolute atomic E-state index is 5.69. The van der Waals surface area contributed by atoms with E-state index in [0.29, 0.717) is 0 Å². The number of unbranched alkanes of at least 4 members (excludes halogenated alkanes) is 4. The van der Waals surface area contributed by atoms with E-state index in [1.807, 2.05) is 0 Å². The molecule has 0 rings (SSSR count). The number of halogens is 2. The molecule has 0 aliphatic carbocycles. The van der Waals surface area contributed by atoms with Crippen molar-refractivity contribution in [1.29, 1.82) is 0 Å². The standard InChI is InChI=1S/C16H38N2O.2ClH/c1-17(2,3)13-9-7-11-15-19-16-12-8-10-14-18(4,5)6;;/h7-16H2,1-6H3;2*1H/q+2;;/p-2. The van der Waals surface area contributed by atoms with Crippen molar-refractivity contribution in [3.8, 4) is 0 Å². The van der Waals surface area contributed by atoms with Crippen LogP contribution in [0.1, 0.15) is 38.5 Å². The van der Waals surface area contributed by atoms with Crippen molar-refractivity contribution in [3.63, 3.8) is 0 Å². The number of quaternary nitrogens is 2. The number of hydrogen-bond donors (Lipinski definition) is 0. The number of rotatable bonds is 12. The van der Waals surface area contributed by atoms with Crippen molar-refractivity contribution in [2.24, 2.45) is 0 Å². The van der Waals surface area contributed by atoms with Crippen LogP contribution in [0.25, 0.3) is 0 Å². The van der Waals surface area contributed by atoms with E-state index in [0.717, 1.165) is 22.2 Å². The van der Waals surface area contributed by atoms with Crippen LogP contribution < -0.4 is 24.8 Å². The van der Waals surface area contributed by atoms with Crippen LogP contribution in [-0.2, 0) is 4.74 Å². The van der Waals surface area contributed by atoms with Gasteiger partial charge in [0.15, 0.2) is 0 Å². The van der Waals surface area contributed by atoms with Gasteiger partial charge in [-0.1, -0.05) is 0 Å². The summed E-state index contributed by atoms with van der Waals surface area (Å²) in [6.45, 7) is 4.44. The van der Waals surface area contributed by atoms with E-state index >= 15 is 0 Å². The summed E-state index contributed by atoms with van der Waals surface area (Å²) in [5, 5.41) is 0. The smallest absolute Gasteiger partial charge is 0.0780 e. The lowest BCUT2D eigenvalue weighted by atomic mass is 10.2. The predicted octanol–water partition coefficient (Wildman–Crippen LogP) is -3.24. The van der Waals surface area contributed by atoms with Gasteiger partial charge in [0.1, 0.15) is 0 Å². The van der Waals surface area contributed by atoms with E-state index in [9.17, 15) is 0 Å². The molecule has 0 saturated carbocycles. The summed E-state index contributed by atoms with van der Waals surface area (Å²) in [6, 6.07) is 0. The summed E-state index contributed by atoms with van der Waals surface area (Å²) in [4.78, 5) is 0. The van der Waals surface area contributed by atoms with Gasteiger partial charge in [-0.25, -0.2) is 0 Å². The lowest BCUT2D eigenvalue weighted by Gasteiger charge is -2.23. The van der Waals surface area contributed by atoms with Gasteiger partial charge < -0.3 is 38.5 Å². The largest absolute Gasteiger partial charge is 1.00 e. The van der Waals surface area contributed by atoms with E-state index in [1.54, 1.807) is 0 Å². The van der Waals surface area contributed by atoms with E-state index < -0.39 is 0 Å². The van der Waals surface area contributed by atoms with Gasteiger partial charge in [-0.05, 0) is 38.5 Å². The Bertz CT molecular complexity index is 191. The van der Waals surface area contributed by atoms with Gasteiger partial charge in [0.05, 0.1) is 55.4 Å². The summed E-state index contributed by atoms with van der Waals surface area (Å²) in [5.41, 5.74) is 0. The van der Waals surface area contributed by atoms with Gasteiger partial charge in [-0.2, -0.15) is 0 Å². The molecule has 132 valence electrons. The average molecular weight is 345 g/mol. The van der Waals surface area contributed by atoms with Crippen LogP contribution in [0.2, 0.25) is 0 Å². The topological polar surface area (TPSA) is 9.23 Å². The first-order valence-corrected chi connectivity index (χ1v) is 7.89. The fraction of sp³-hybridized carbons (Fsp3) is 1.00. The summed E-state index contributed by atoms with van der Waals surface area (Å²) in [6.07, 6.45) is 7.68. The Balaban J connectivity index is -0.00000162. The molecular formula is C16H38Cl2N2O. The van der Waals surface area contributed by atoms with E-state index in [1.165, 1.54) is 51.6 Å². The minimum Gasteiger partial charge on any atom is -1.00 e. The third-order valence-electron chi connectivity index (χ3n) is 3.24. The fourth-order valence-corrected chi connectivity index (χ4v) is 2.04. The van der Waals surface area contributed by atoms with Crippen molar-refractivity contribution < 1.29 is 38.5 Å². The van der Waals surface area contributed by atoms with Gasteiger partial charge in [-0.3, -0.25) is 0 Å². The zero-order valence-electron chi connectivity index (χ0n) is 15.1. The molecule has 0 aromatic carbocycles. The summed E-state index contributed by atoms with van der Waals surface area (Å²) in [7, 11) is 13.5.